The van der Waals surface area contributed by atoms with Gasteiger partial charge in [0.15, 0.2) is 0 Å². The zero-order valence-corrected chi connectivity index (χ0v) is 20.2. The van der Waals surface area contributed by atoms with Gasteiger partial charge in [-0.3, -0.25) is 14.4 Å². The molecule has 4 atom stereocenters. The van der Waals surface area contributed by atoms with Crippen LogP contribution < -0.4 is 5.32 Å². The van der Waals surface area contributed by atoms with E-state index in [9.17, 15) is 24.3 Å². The topological polar surface area (TPSA) is 107 Å². The van der Waals surface area contributed by atoms with Crippen LogP contribution in [0.5, 0.6) is 0 Å². The van der Waals surface area contributed by atoms with Crippen LogP contribution in [0.25, 0.3) is 0 Å². The van der Waals surface area contributed by atoms with Crippen LogP contribution in [0.15, 0.2) is 12.2 Å². The number of nitrogens with one attached hydrogen (secondary N) is 1. The van der Waals surface area contributed by atoms with Crippen LogP contribution >= 0.6 is 0 Å². The van der Waals surface area contributed by atoms with E-state index < -0.39 is 23.5 Å². The average Bonchev–Trinajstić information content (AvgIpc) is 3.30. The van der Waals surface area contributed by atoms with Crippen LogP contribution in [0.3, 0.4) is 0 Å². The molecule has 2 saturated heterocycles. The summed E-state index contributed by atoms with van der Waals surface area (Å²) in [6.07, 6.45) is 14.4. The van der Waals surface area contributed by atoms with Crippen molar-refractivity contribution in [1.82, 2.24) is 15.1 Å². The summed E-state index contributed by atoms with van der Waals surface area (Å²) in [6.45, 7) is 2.01. The number of amides is 3. The van der Waals surface area contributed by atoms with E-state index in [0.717, 1.165) is 64.5 Å². The van der Waals surface area contributed by atoms with Crippen molar-refractivity contribution >= 4 is 23.7 Å². The number of carbonyl (C=O) groups excluding carboxylic acids is 3. The lowest BCUT2D eigenvalue weighted by atomic mass is 9.94. The molecular weight excluding hydrogens is 434 g/mol. The van der Waals surface area contributed by atoms with Crippen molar-refractivity contribution < 1.29 is 24.3 Å². The van der Waals surface area contributed by atoms with Gasteiger partial charge in [-0.2, -0.15) is 0 Å². The molecule has 0 aromatic rings. The highest BCUT2D eigenvalue weighted by Crippen LogP contribution is 2.45. The Morgan fingerprint density at radius 2 is 1.71 bits per heavy atom. The Balaban J connectivity index is 1.50. The number of fused-ring (bicyclic) bond motifs is 2. The third-order valence-corrected chi connectivity index (χ3v) is 8.10. The number of carboxylic acid groups (broad SMARTS) is 1. The van der Waals surface area contributed by atoms with Crippen LogP contribution in [0.4, 0.5) is 0 Å². The molecule has 0 radical (unpaired) electrons. The molecule has 188 valence electrons. The molecule has 1 aliphatic carbocycles. The number of piperidine rings is 1. The molecule has 1 saturated carbocycles. The van der Waals surface area contributed by atoms with Crippen molar-refractivity contribution in [3.05, 3.63) is 12.2 Å². The summed E-state index contributed by atoms with van der Waals surface area (Å²) in [5, 5.41) is 12.6. The zero-order chi connectivity index (χ0) is 24.1. The summed E-state index contributed by atoms with van der Waals surface area (Å²) in [4.78, 5) is 55.3. The number of likely N-dealkylation sites (tertiary alicyclic amines) is 1. The number of allylic oxidation sites excluding steroid dienone is 1. The van der Waals surface area contributed by atoms with Crippen molar-refractivity contribution in [2.75, 3.05) is 19.6 Å². The van der Waals surface area contributed by atoms with E-state index in [0.29, 0.717) is 32.2 Å². The molecule has 3 heterocycles. The molecule has 0 aromatic heterocycles. The monoisotopic (exact) mass is 473 g/mol. The molecule has 8 heteroatoms. The molecule has 2 N–H and O–H groups in total. The first-order valence-electron chi connectivity index (χ1n) is 13.2. The molecule has 0 bridgehead atoms. The molecule has 8 nitrogen and oxygen atoms in total. The fourth-order valence-corrected chi connectivity index (χ4v) is 5.87. The second-order valence-electron chi connectivity index (χ2n) is 10.5. The van der Waals surface area contributed by atoms with Gasteiger partial charge in [-0.15, -0.1) is 0 Å². The Bertz CT molecular complexity index is 821. The van der Waals surface area contributed by atoms with E-state index in [2.05, 4.69) is 5.32 Å². The number of hydrogen-bond donors (Lipinski definition) is 2. The lowest BCUT2D eigenvalue weighted by Crippen LogP contribution is -2.54. The summed E-state index contributed by atoms with van der Waals surface area (Å²) < 4.78 is 0. The maximum absolute atomic E-state index is 13.6. The Morgan fingerprint density at radius 3 is 2.47 bits per heavy atom. The van der Waals surface area contributed by atoms with Crippen molar-refractivity contribution in [2.24, 2.45) is 11.8 Å². The van der Waals surface area contributed by atoms with Gasteiger partial charge in [-0.05, 0) is 57.8 Å². The smallest absolute Gasteiger partial charge is 0.330 e. The first kappa shape index (κ1) is 24.7. The van der Waals surface area contributed by atoms with Gasteiger partial charge in [0.25, 0.3) is 0 Å². The summed E-state index contributed by atoms with van der Waals surface area (Å²) in [5.74, 6) is -2.09. The Morgan fingerprint density at radius 1 is 0.971 bits per heavy atom. The number of nitrogens with zero attached hydrogens (tertiary/aromatic N) is 2. The molecule has 3 aliphatic heterocycles. The first-order chi connectivity index (χ1) is 16.4. The second-order valence-corrected chi connectivity index (χ2v) is 10.5. The van der Waals surface area contributed by atoms with Crippen molar-refractivity contribution in [1.29, 1.82) is 0 Å². The largest absolute Gasteiger partial charge is 0.479 e. The fourth-order valence-electron chi connectivity index (χ4n) is 5.87. The quantitative estimate of drug-likeness (QED) is 0.613. The maximum atomic E-state index is 13.6. The Kier molecular flexibility index (Phi) is 7.94. The minimum Gasteiger partial charge on any atom is -0.479 e. The van der Waals surface area contributed by atoms with Gasteiger partial charge in [-0.1, -0.05) is 31.4 Å². The van der Waals surface area contributed by atoms with E-state index in [1.54, 1.807) is 4.90 Å². The number of carbonyl (C=O) groups is 4. The summed E-state index contributed by atoms with van der Waals surface area (Å²) in [6, 6.07) is -0.658. The average molecular weight is 474 g/mol. The normalized spacial score (nSPS) is 34.1. The van der Waals surface area contributed by atoms with E-state index >= 15 is 0 Å². The highest BCUT2D eigenvalue weighted by molar-refractivity contribution is 5.95. The minimum absolute atomic E-state index is 0.0449. The molecular formula is C26H39N3O5. The Labute approximate surface area is 202 Å². The predicted molar refractivity (Wildman–Crippen MR) is 127 cm³/mol. The summed E-state index contributed by atoms with van der Waals surface area (Å²) in [7, 11) is 0. The predicted octanol–water partition coefficient (Wildman–Crippen LogP) is 2.87. The molecule has 0 aromatic carbocycles. The van der Waals surface area contributed by atoms with Crippen LogP contribution in [0.1, 0.15) is 83.5 Å². The van der Waals surface area contributed by atoms with Gasteiger partial charge in [-0.25, -0.2) is 4.79 Å². The van der Waals surface area contributed by atoms with E-state index in [4.69, 9.17) is 0 Å². The van der Waals surface area contributed by atoms with Crippen LogP contribution in [-0.2, 0) is 19.2 Å². The SMILES string of the molecule is O=C1NC2(C(=O)O)CC2/C=C\CCCCCC[C@@H](CC(=O)N2CCCCC2)C(=O)N2CCC[C@@H]12. The number of aliphatic carboxylic acids is 1. The lowest BCUT2D eigenvalue weighted by molar-refractivity contribution is -0.147. The Hall–Kier alpha value is -2.38. The lowest BCUT2D eigenvalue weighted by Gasteiger charge is -2.31. The number of rotatable bonds is 3. The number of carboxylic acids is 1. The number of hydrogen-bond acceptors (Lipinski definition) is 4. The molecule has 3 amide bonds. The molecule has 0 spiro atoms. The first-order valence-corrected chi connectivity index (χ1v) is 13.2. The van der Waals surface area contributed by atoms with Gasteiger partial charge >= 0.3 is 5.97 Å². The van der Waals surface area contributed by atoms with E-state index in [1.807, 2.05) is 17.1 Å². The van der Waals surface area contributed by atoms with Gasteiger partial charge in [0.1, 0.15) is 11.6 Å². The molecule has 2 unspecified atom stereocenters. The fraction of sp³-hybridized carbons (Fsp3) is 0.769. The molecule has 3 fully saturated rings. The zero-order valence-electron chi connectivity index (χ0n) is 20.2. The second kappa shape index (κ2) is 10.9. The van der Waals surface area contributed by atoms with Crippen LogP contribution in [-0.4, -0.2) is 69.8 Å². The van der Waals surface area contributed by atoms with Gasteiger partial charge in [0.2, 0.25) is 17.7 Å². The van der Waals surface area contributed by atoms with Crippen molar-refractivity contribution in [2.45, 2.75) is 95.1 Å². The van der Waals surface area contributed by atoms with E-state index in [1.165, 1.54) is 0 Å². The maximum Gasteiger partial charge on any atom is 0.330 e. The highest BCUT2D eigenvalue weighted by atomic mass is 16.4. The third kappa shape index (κ3) is 5.47. The molecule has 4 aliphatic rings. The minimum atomic E-state index is -1.26. The van der Waals surface area contributed by atoms with Crippen LogP contribution in [0, 0.1) is 11.8 Å². The van der Waals surface area contributed by atoms with Crippen LogP contribution in [0.2, 0.25) is 0 Å². The standard InChI is InChI=1S/C26H39N3O5/c30-22(28-14-8-5-9-15-28)17-19-11-6-3-1-2-4-7-12-20-18-26(20,25(33)34)27-23(31)21-13-10-16-29(21)24(19)32/h7,12,19-21H,1-6,8-11,13-18H2,(H,27,31)(H,33,34)/b12-7-/t19-,20?,21-,26?/m0/s1. The highest BCUT2D eigenvalue weighted by Gasteiger charge is 2.61. The molecule has 4 rings (SSSR count). The van der Waals surface area contributed by atoms with Gasteiger partial charge in [0.05, 0.1) is 0 Å². The third-order valence-electron chi connectivity index (χ3n) is 8.10. The van der Waals surface area contributed by atoms with Gasteiger partial charge in [0, 0.05) is 37.9 Å². The van der Waals surface area contributed by atoms with E-state index in [-0.39, 0.29) is 30.1 Å². The summed E-state index contributed by atoms with van der Waals surface area (Å²) >= 11 is 0. The van der Waals surface area contributed by atoms with Crippen molar-refractivity contribution in [3.63, 3.8) is 0 Å². The summed E-state index contributed by atoms with van der Waals surface area (Å²) in [5.41, 5.74) is -1.26. The van der Waals surface area contributed by atoms with Crippen molar-refractivity contribution in [3.8, 4) is 0 Å². The van der Waals surface area contributed by atoms with Gasteiger partial charge < -0.3 is 20.2 Å². The molecule has 34 heavy (non-hydrogen) atoms.